The second-order valence-corrected chi connectivity index (χ2v) is 8.28. The van der Waals surface area contributed by atoms with Gasteiger partial charge >= 0.3 is 0 Å². The number of nitrogens with zero attached hydrogens (tertiary/aromatic N) is 1. The number of benzene rings is 1. The highest BCUT2D eigenvalue weighted by molar-refractivity contribution is 8.00. The quantitative estimate of drug-likeness (QED) is 0.848. The molecule has 0 radical (unpaired) electrons. The van der Waals surface area contributed by atoms with E-state index >= 15 is 0 Å². The predicted octanol–water partition coefficient (Wildman–Crippen LogP) is 3.58. The summed E-state index contributed by atoms with van der Waals surface area (Å²) in [7, 11) is 0. The fourth-order valence-corrected chi connectivity index (χ4v) is 5.78. The number of aryl methyl sites for hydroxylation is 1. The molecule has 0 saturated carbocycles. The van der Waals surface area contributed by atoms with Crippen molar-refractivity contribution in [2.24, 2.45) is 0 Å². The first kappa shape index (κ1) is 15.5. The molecule has 2 saturated heterocycles. The van der Waals surface area contributed by atoms with E-state index in [4.69, 9.17) is 4.74 Å². The highest BCUT2D eigenvalue weighted by Gasteiger charge is 2.38. The molecule has 4 heteroatoms. The zero-order valence-corrected chi connectivity index (χ0v) is 14.4. The first-order chi connectivity index (χ1) is 11.3. The molecule has 1 aromatic rings. The number of hydrogen-bond acceptors (Lipinski definition) is 3. The zero-order chi connectivity index (χ0) is 15.6. The van der Waals surface area contributed by atoms with E-state index in [1.54, 1.807) is 0 Å². The van der Waals surface area contributed by atoms with Crippen LogP contribution in [0.2, 0.25) is 0 Å². The average Bonchev–Trinajstić information content (AvgIpc) is 2.97. The Morgan fingerprint density at radius 3 is 2.74 bits per heavy atom. The van der Waals surface area contributed by atoms with Crippen molar-refractivity contribution in [3.63, 3.8) is 0 Å². The van der Waals surface area contributed by atoms with Crippen LogP contribution in [0.3, 0.4) is 0 Å². The molecule has 2 atom stereocenters. The van der Waals surface area contributed by atoms with Crippen LogP contribution in [0, 0.1) is 0 Å². The van der Waals surface area contributed by atoms with Crippen LogP contribution in [-0.4, -0.2) is 41.9 Å². The highest BCUT2D eigenvalue weighted by atomic mass is 32.2. The molecule has 124 valence electrons. The van der Waals surface area contributed by atoms with E-state index in [9.17, 15) is 4.79 Å². The SMILES string of the molecule is O=C1[C@H](S[C@@H]2CCCc3ccccc32)CCN1C1CCOCC1. The summed E-state index contributed by atoms with van der Waals surface area (Å²) >= 11 is 1.92. The van der Waals surface area contributed by atoms with Crippen molar-refractivity contribution in [2.45, 2.75) is 55.1 Å². The molecule has 0 bridgehead atoms. The summed E-state index contributed by atoms with van der Waals surface area (Å²) < 4.78 is 5.44. The monoisotopic (exact) mass is 331 g/mol. The molecule has 2 heterocycles. The second kappa shape index (κ2) is 6.86. The van der Waals surface area contributed by atoms with E-state index < -0.39 is 0 Å². The minimum atomic E-state index is 0.161. The zero-order valence-electron chi connectivity index (χ0n) is 13.6. The van der Waals surface area contributed by atoms with Gasteiger partial charge in [-0.25, -0.2) is 0 Å². The van der Waals surface area contributed by atoms with Crippen LogP contribution in [0.15, 0.2) is 24.3 Å². The maximum absolute atomic E-state index is 12.9. The molecule has 1 aromatic carbocycles. The van der Waals surface area contributed by atoms with E-state index in [1.165, 1.54) is 30.4 Å². The van der Waals surface area contributed by atoms with Gasteiger partial charge in [0.05, 0.1) is 5.25 Å². The van der Waals surface area contributed by atoms with Gasteiger partial charge in [-0.3, -0.25) is 4.79 Å². The highest BCUT2D eigenvalue weighted by Crippen LogP contribution is 2.44. The molecule has 0 spiro atoms. The summed E-state index contributed by atoms with van der Waals surface area (Å²) in [5, 5.41) is 0.664. The van der Waals surface area contributed by atoms with Crippen molar-refractivity contribution in [1.29, 1.82) is 0 Å². The van der Waals surface area contributed by atoms with Crippen molar-refractivity contribution >= 4 is 17.7 Å². The summed E-state index contributed by atoms with van der Waals surface area (Å²) in [4.78, 5) is 15.0. The number of likely N-dealkylation sites (tertiary alicyclic amines) is 1. The van der Waals surface area contributed by atoms with Crippen molar-refractivity contribution < 1.29 is 9.53 Å². The van der Waals surface area contributed by atoms with E-state index in [2.05, 4.69) is 29.2 Å². The smallest absolute Gasteiger partial charge is 0.236 e. The Kier molecular flexibility index (Phi) is 4.63. The average molecular weight is 331 g/mol. The molecule has 1 aliphatic carbocycles. The largest absolute Gasteiger partial charge is 0.381 e. The molecular weight excluding hydrogens is 306 g/mol. The number of thioether (sulfide) groups is 1. The van der Waals surface area contributed by atoms with Gasteiger partial charge in [0.1, 0.15) is 0 Å². The van der Waals surface area contributed by atoms with Gasteiger partial charge in [0.2, 0.25) is 5.91 Å². The number of amides is 1. The van der Waals surface area contributed by atoms with Gasteiger partial charge in [-0.2, -0.15) is 0 Å². The Morgan fingerprint density at radius 2 is 1.87 bits per heavy atom. The van der Waals surface area contributed by atoms with Crippen molar-refractivity contribution in [3.05, 3.63) is 35.4 Å². The minimum absolute atomic E-state index is 0.161. The maximum atomic E-state index is 12.9. The van der Waals surface area contributed by atoms with Gasteiger partial charge in [0.15, 0.2) is 0 Å². The second-order valence-electron chi connectivity index (χ2n) is 6.87. The van der Waals surface area contributed by atoms with Crippen molar-refractivity contribution in [2.75, 3.05) is 19.8 Å². The van der Waals surface area contributed by atoms with Crippen LogP contribution >= 0.6 is 11.8 Å². The molecule has 3 nitrogen and oxygen atoms in total. The summed E-state index contributed by atoms with van der Waals surface area (Å²) in [6.07, 6.45) is 6.69. The van der Waals surface area contributed by atoms with E-state index in [0.29, 0.717) is 17.2 Å². The van der Waals surface area contributed by atoms with Crippen LogP contribution in [0.25, 0.3) is 0 Å². The molecule has 2 aliphatic heterocycles. The van der Waals surface area contributed by atoms with Gasteiger partial charge in [0, 0.05) is 31.1 Å². The standard InChI is InChI=1S/C19H25NO2S/c21-19-18(8-11-20(19)15-9-12-22-13-10-15)23-17-7-3-5-14-4-1-2-6-16(14)17/h1-2,4,6,15,17-18H,3,5,7-13H2/t17-,18-/m1/s1. The van der Waals surface area contributed by atoms with Crippen molar-refractivity contribution in [3.8, 4) is 0 Å². The molecule has 3 aliphatic rings. The lowest BCUT2D eigenvalue weighted by Gasteiger charge is -2.31. The summed E-state index contributed by atoms with van der Waals surface area (Å²) in [6, 6.07) is 9.22. The number of fused-ring (bicyclic) bond motifs is 1. The lowest BCUT2D eigenvalue weighted by Crippen LogP contribution is -2.41. The minimum Gasteiger partial charge on any atom is -0.381 e. The van der Waals surface area contributed by atoms with Crippen LogP contribution in [-0.2, 0) is 16.0 Å². The normalized spacial score (nSPS) is 28.9. The third kappa shape index (κ3) is 3.16. The van der Waals surface area contributed by atoms with Gasteiger partial charge in [-0.05, 0) is 49.7 Å². The molecule has 1 amide bonds. The summed E-state index contributed by atoms with van der Waals surface area (Å²) in [5.74, 6) is 0.380. The Balaban J connectivity index is 1.43. The Hall–Kier alpha value is -1.00. The summed E-state index contributed by atoms with van der Waals surface area (Å²) in [5.41, 5.74) is 2.96. The molecule has 0 unspecified atom stereocenters. The van der Waals surface area contributed by atoms with Gasteiger partial charge < -0.3 is 9.64 Å². The van der Waals surface area contributed by atoms with Crippen LogP contribution < -0.4 is 0 Å². The Morgan fingerprint density at radius 1 is 1.04 bits per heavy atom. The number of hydrogen-bond donors (Lipinski definition) is 0. The van der Waals surface area contributed by atoms with Gasteiger partial charge in [-0.15, -0.1) is 11.8 Å². The molecular formula is C19H25NO2S. The van der Waals surface area contributed by atoms with Crippen LogP contribution in [0.5, 0.6) is 0 Å². The Labute approximate surface area is 142 Å². The number of carbonyl (C=O) groups is 1. The first-order valence-corrected chi connectivity index (χ1v) is 9.88. The molecule has 0 N–H and O–H groups in total. The lowest BCUT2D eigenvalue weighted by atomic mass is 9.91. The van der Waals surface area contributed by atoms with E-state index in [0.717, 1.165) is 39.0 Å². The van der Waals surface area contributed by atoms with Crippen LogP contribution in [0.4, 0.5) is 0 Å². The number of carbonyl (C=O) groups excluding carboxylic acids is 1. The van der Waals surface area contributed by atoms with E-state index in [-0.39, 0.29) is 5.25 Å². The maximum Gasteiger partial charge on any atom is 0.236 e. The van der Waals surface area contributed by atoms with Gasteiger partial charge in [-0.1, -0.05) is 24.3 Å². The topological polar surface area (TPSA) is 29.5 Å². The predicted molar refractivity (Wildman–Crippen MR) is 93.7 cm³/mol. The third-order valence-corrected chi connectivity index (χ3v) is 7.05. The van der Waals surface area contributed by atoms with Crippen LogP contribution in [0.1, 0.15) is 48.5 Å². The molecule has 2 fully saturated rings. The fourth-order valence-electron chi connectivity index (χ4n) is 4.21. The Bertz CT molecular complexity index is 570. The number of ether oxygens (including phenoxy) is 1. The lowest BCUT2D eigenvalue weighted by molar-refractivity contribution is -0.130. The van der Waals surface area contributed by atoms with Gasteiger partial charge in [0.25, 0.3) is 0 Å². The molecule has 4 rings (SSSR count). The van der Waals surface area contributed by atoms with E-state index in [1.807, 2.05) is 11.8 Å². The molecule has 0 aromatic heterocycles. The molecule has 23 heavy (non-hydrogen) atoms. The first-order valence-electron chi connectivity index (χ1n) is 8.94. The van der Waals surface area contributed by atoms with Crippen molar-refractivity contribution in [1.82, 2.24) is 4.90 Å². The fraction of sp³-hybridized carbons (Fsp3) is 0.632. The third-order valence-electron chi connectivity index (χ3n) is 5.47. The summed E-state index contributed by atoms with van der Waals surface area (Å²) in [6.45, 7) is 2.56. The number of rotatable bonds is 3.